The average Bonchev–Trinajstić information content (AvgIpc) is 2.75. The molecule has 2 bridgehead atoms. The highest BCUT2D eigenvalue weighted by atomic mass is 15.0. The van der Waals surface area contributed by atoms with Crippen molar-refractivity contribution in [2.24, 2.45) is 23.7 Å². The molecule has 0 aromatic heterocycles. The fourth-order valence-corrected chi connectivity index (χ4v) is 4.44. The van der Waals surface area contributed by atoms with Crippen LogP contribution in [0.25, 0.3) is 0 Å². The Hall–Kier alpha value is -0.0400. The van der Waals surface area contributed by atoms with Gasteiger partial charge < -0.3 is 5.32 Å². The minimum atomic E-state index is 0.790. The number of hydrogen-bond acceptors (Lipinski definition) is 1. The van der Waals surface area contributed by atoms with Gasteiger partial charge in [-0.05, 0) is 62.7 Å². The fraction of sp³-hybridized carbons (Fsp3) is 1.00. The summed E-state index contributed by atoms with van der Waals surface area (Å²) in [7, 11) is 0. The molecule has 0 amide bonds. The number of nitrogens with one attached hydrogen (secondary N) is 1. The normalized spacial score (nSPS) is 50.4. The SMILES string of the molecule is CC1CC(NC(C)C2CC3CCC2C3)C1. The van der Waals surface area contributed by atoms with Crippen molar-refractivity contribution in [2.45, 2.75) is 64.5 Å². The predicted octanol–water partition coefficient (Wildman–Crippen LogP) is 3.20. The van der Waals surface area contributed by atoms with Gasteiger partial charge in [-0.3, -0.25) is 0 Å². The topological polar surface area (TPSA) is 12.0 Å². The monoisotopic (exact) mass is 207 g/mol. The van der Waals surface area contributed by atoms with Crippen LogP contribution in [0.2, 0.25) is 0 Å². The van der Waals surface area contributed by atoms with Crippen LogP contribution >= 0.6 is 0 Å². The molecule has 86 valence electrons. The minimum absolute atomic E-state index is 0.790. The zero-order valence-electron chi connectivity index (χ0n) is 10.2. The Bertz CT molecular complexity index is 231. The maximum Gasteiger partial charge on any atom is 0.00747 e. The van der Waals surface area contributed by atoms with Gasteiger partial charge in [0.2, 0.25) is 0 Å². The van der Waals surface area contributed by atoms with Gasteiger partial charge in [-0.2, -0.15) is 0 Å². The predicted molar refractivity (Wildman–Crippen MR) is 63.7 cm³/mol. The Balaban J connectivity index is 1.50. The lowest BCUT2D eigenvalue weighted by atomic mass is 9.79. The molecule has 0 spiro atoms. The lowest BCUT2D eigenvalue weighted by Crippen LogP contribution is -2.48. The molecule has 4 unspecified atom stereocenters. The van der Waals surface area contributed by atoms with Crippen molar-refractivity contribution < 1.29 is 0 Å². The van der Waals surface area contributed by atoms with Gasteiger partial charge in [0.15, 0.2) is 0 Å². The van der Waals surface area contributed by atoms with Crippen LogP contribution in [-0.2, 0) is 0 Å². The first-order chi connectivity index (χ1) is 7.22. The van der Waals surface area contributed by atoms with Gasteiger partial charge in [0, 0.05) is 12.1 Å². The molecular weight excluding hydrogens is 182 g/mol. The van der Waals surface area contributed by atoms with Crippen molar-refractivity contribution in [3.05, 3.63) is 0 Å². The molecular formula is C14H25N. The van der Waals surface area contributed by atoms with Crippen LogP contribution in [0.15, 0.2) is 0 Å². The molecule has 4 atom stereocenters. The molecule has 0 saturated heterocycles. The highest BCUT2D eigenvalue weighted by Gasteiger charge is 2.42. The third-order valence-electron chi connectivity index (χ3n) is 5.31. The summed E-state index contributed by atoms with van der Waals surface area (Å²) < 4.78 is 0. The van der Waals surface area contributed by atoms with Crippen molar-refractivity contribution >= 4 is 0 Å². The summed E-state index contributed by atoms with van der Waals surface area (Å²) in [5, 5.41) is 3.87. The van der Waals surface area contributed by atoms with Crippen molar-refractivity contribution in [3.8, 4) is 0 Å². The second-order valence-electron chi connectivity index (χ2n) is 6.57. The molecule has 0 aliphatic heterocycles. The summed E-state index contributed by atoms with van der Waals surface area (Å²) in [6, 6.07) is 1.65. The summed E-state index contributed by atoms with van der Waals surface area (Å²) in [5.41, 5.74) is 0. The maximum absolute atomic E-state index is 3.87. The molecule has 1 N–H and O–H groups in total. The van der Waals surface area contributed by atoms with Gasteiger partial charge in [-0.15, -0.1) is 0 Å². The van der Waals surface area contributed by atoms with E-state index in [9.17, 15) is 0 Å². The minimum Gasteiger partial charge on any atom is -0.311 e. The molecule has 3 fully saturated rings. The van der Waals surface area contributed by atoms with Crippen LogP contribution in [-0.4, -0.2) is 12.1 Å². The van der Waals surface area contributed by atoms with E-state index in [-0.39, 0.29) is 0 Å². The van der Waals surface area contributed by atoms with Crippen LogP contribution in [0, 0.1) is 23.7 Å². The van der Waals surface area contributed by atoms with Gasteiger partial charge in [-0.25, -0.2) is 0 Å². The standard InChI is InChI=1S/C14H25N/c1-9-5-13(6-9)15-10(2)14-8-11-3-4-12(14)7-11/h9-15H,3-8H2,1-2H3. The van der Waals surface area contributed by atoms with Gasteiger partial charge >= 0.3 is 0 Å². The van der Waals surface area contributed by atoms with Gasteiger partial charge in [0.05, 0.1) is 0 Å². The Morgan fingerprint density at radius 2 is 1.87 bits per heavy atom. The molecule has 0 aromatic carbocycles. The first-order valence-electron chi connectivity index (χ1n) is 6.98. The van der Waals surface area contributed by atoms with E-state index < -0.39 is 0 Å². The zero-order chi connectivity index (χ0) is 10.4. The van der Waals surface area contributed by atoms with Crippen molar-refractivity contribution in [2.75, 3.05) is 0 Å². The van der Waals surface area contributed by atoms with E-state index in [1.807, 2.05) is 0 Å². The van der Waals surface area contributed by atoms with E-state index in [2.05, 4.69) is 19.2 Å². The highest BCUT2D eigenvalue weighted by molar-refractivity contribution is 4.95. The Morgan fingerprint density at radius 1 is 1.07 bits per heavy atom. The molecule has 0 radical (unpaired) electrons. The molecule has 1 nitrogen and oxygen atoms in total. The summed E-state index contributed by atoms with van der Waals surface area (Å²) in [5.74, 6) is 4.17. The molecule has 15 heavy (non-hydrogen) atoms. The van der Waals surface area contributed by atoms with Crippen LogP contribution in [0.1, 0.15) is 52.4 Å². The van der Waals surface area contributed by atoms with Crippen molar-refractivity contribution in [1.29, 1.82) is 0 Å². The van der Waals surface area contributed by atoms with Crippen LogP contribution < -0.4 is 5.32 Å². The molecule has 0 aromatic rings. The first-order valence-corrected chi connectivity index (χ1v) is 6.98. The number of fused-ring (bicyclic) bond motifs is 2. The van der Waals surface area contributed by atoms with Crippen LogP contribution in [0.5, 0.6) is 0 Å². The highest BCUT2D eigenvalue weighted by Crippen LogP contribution is 2.49. The van der Waals surface area contributed by atoms with E-state index in [1.165, 1.54) is 32.1 Å². The quantitative estimate of drug-likeness (QED) is 0.749. The molecule has 3 saturated carbocycles. The van der Waals surface area contributed by atoms with E-state index in [1.54, 1.807) is 6.42 Å². The lowest BCUT2D eigenvalue weighted by molar-refractivity contribution is 0.179. The first kappa shape index (κ1) is 10.1. The van der Waals surface area contributed by atoms with Crippen LogP contribution in [0.4, 0.5) is 0 Å². The third-order valence-corrected chi connectivity index (χ3v) is 5.31. The Labute approximate surface area is 94.0 Å². The smallest absolute Gasteiger partial charge is 0.00747 e. The van der Waals surface area contributed by atoms with E-state index in [0.717, 1.165) is 35.8 Å². The summed E-state index contributed by atoms with van der Waals surface area (Å²) in [4.78, 5) is 0. The maximum atomic E-state index is 3.87. The fourth-order valence-electron chi connectivity index (χ4n) is 4.44. The van der Waals surface area contributed by atoms with Gasteiger partial charge in [0.25, 0.3) is 0 Å². The second-order valence-corrected chi connectivity index (χ2v) is 6.57. The third kappa shape index (κ3) is 1.84. The number of rotatable bonds is 3. The van der Waals surface area contributed by atoms with Gasteiger partial charge in [0.1, 0.15) is 0 Å². The van der Waals surface area contributed by atoms with Crippen LogP contribution in [0.3, 0.4) is 0 Å². The van der Waals surface area contributed by atoms with Crippen molar-refractivity contribution in [1.82, 2.24) is 5.32 Å². The summed E-state index contributed by atoms with van der Waals surface area (Å²) >= 11 is 0. The number of hydrogen-bond donors (Lipinski definition) is 1. The van der Waals surface area contributed by atoms with Gasteiger partial charge in [-0.1, -0.05) is 13.3 Å². The summed E-state index contributed by atoms with van der Waals surface area (Å²) in [6.45, 7) is 4.81. The molecule has 1 heteroatoms. The zero-order valence-corrected chi connectivity index (χ0v) is 10.2. The van der Waals surface area contributed by atoms with E-state index in [4.69, 9.17) is 0 Å². The molecule has 3 rings (SSSR count). The van der Waals surface area contributed by atoms with Crippen molar-refractivity contribution in [3.63, 3.8) is 0 Å². The lowest BCUT2D eigenvalue weighted by Gasteiger charge is -2.39. The average molecular weight is 207 g/mol. The summed E-state index contributed by atoms with van der Waals surface area (Å²) in [6.07, 6.45) is 8.99. The largest absolute Gasteiger partial charge is 0.311 e. The molecule has 3 aliphatic rings. The van der Waals surface area contributed by atoms with E-state index >= 15 is 0 Å². The molecule has 3 aliphatic carbocycles. The Morgan fingerprint density at radius 3 is 2.40 bits per heavy atom. The second kappa shape index (κ2) is 3.76. The Kier molecular flexibility index (Phi) is 2.54. The molecule has 0 heterocycles. The van der Waals surface area contributed by atoms with E-state index in [0.29, 0.717) is 0 Å².